The van der Waals surface area contributed by atoms with Crippen LogP contribution in [-0.2, 0) is 0 Å². The van der Waals surface area contributed by atoms with Crippen LogP contribution in [0.1, 0.15) is 32.4 Å². The van der Waals surface area contributed by atoms with Crippen molar-refractivity contribution < 1.29 is 9.59 Å². The summed E-state index contributed by atoms with van der Waals surface area (Å²) >= 11 is 0. The maximum atomic E-state index is 12.6. The predicted octanol–water partition coefficient (Wildman–Crippen LogP) is 2.43. The van der Waals surface area contributed by atoms with Gasteiger partial charge in [0.05, 0.1) is 11.3 Å². The fraction of sp³-hybridized carbons (Fsp3) is 0.125. The molecule has 0 unspecified atom stereocenters. The van der Waals surface area contributed by atoms with Gasteiger partial charge in [0.1, 0.15) is 6.17 Å². The topological polar surface area (TPSA) is 40.6 Å². The van der Waals surface area contributed by atoms with Crippen LogP contribution in [0.15, 0.2) is 48.5 Å². The molecule has 2 aromatic carbocycles. The summed E-state index contributed by atoms with van der Waals surface area (Å²) in [6.45, 7) is 0. The second-order valence-corrected chi connectivity index (χ2v) is 5.07. The van der Waals surface area contributed by atoms with E-state index in [2.05, 4.69) is 0 Å². The van der Waals surface area contributed by atoms with Gasteiger partial charge in [-0.1, -0.05) is 30.3 Å². The van der Waals surface area contributed by atoms with E-state index in [4.69, 9.17) is 0 Å². The Morgan fingerprint density at radius 2 is 1.50 bits per heavy atom. The minimum Gasteiger partial charge on any atom is -0.317 e. The van der Waals surface area contributed by atoms with Crippen LogP contribution in [0.4, 0.5) is 5.69 Å². The minimum atomic E-state index is -0.332. The van der Waals surface area contributed by atoms with Gasteiger partial charge in [-0.2, -0.15) is 0 Å². The predicted molar refractivity (Wildman–Crippen MR) is 74.5 cm³/mol. The molecule has 0 saturated heterocycles. The summed E-state index contributed by atoms with van der Waals surface area (Å²) < 4.78 is 0. The molecule has 4 rings (SSSR count). The van der Waals surface area contributed by atoms with Crippen molar-refractivity contribution in [1.82, 2.24) is 4.90 Å². The minimum absolute atomic E-state index is 0.0441. The summed E-state index contributed by atoms with van der Waals surface area (Å²) in [5.41, 5.74) is 2.84. The van der Waals surface area contributed by atoms with Crippen LogP contribution in [-0.4, -0.2) is 23.8 Å². The molecule has 20 heavy (non-hydrogen) atoms. The highest BCUT2D eigenvalue weighted by Gasteiger charge is 2.45. The third kappa shape index (κ3) is 1.20. The summed E-state index contributed by atoms with van der Waals surface area (Å²) in [6, 6.07) is 14.7. The third-order valence-electron chi connectivity index (χ3n) is 4.01. The number of benzene rings is 2. The Morgan fingerprint density at radius 3 is 2.30 bits per heavy atom. The lowest BCUT2D eigenvalue weighted by atomic mass is 10.0. The van der Waals surface area contributed by atoms with E-state index < -0.39 is 0 Å². The van der Waals surface area contributed by atoms with Crippen LogP contribution < -0.4 is 4.90 Å². The van der Waals surface area contributed by atoms with Gasteiger partial charge < -0.3 is 4.90 Å². The van der Waals surface area contributed by atoms with Gasteiger partial charge in [0.2, 0.25) is 0 Å². The lowest BCUT2D eigenvalue weighted by Crippen LogP contribution is -2.46. The zero-order valence-corrected chi connectivity index (χ0v) is 10.9. The lowest BCUT2D eigenvalue weighted by molar-refractivity contribution is 0.0702. The van der Waals surface area contributed by atoms with E-state index in [1.807, 2.05) is 42.5 Å². The normalized spacial score (nSPS) is 19.8. The van der Waals surface area contributed by atoms with Gasteiger partial charge in [-0.3, -0.25) is 14.5 Å². The van der Waals surface area contributed by atoms with Crippen molar-refractivity contribution in [3.63, 3.8) is 0 Å². The number of hydrogen-bond acceptors (Lipinski definition) is 2. The first-order valence-corrected chi connectivity index (χ1v) is 6.49. The number of hydrogen-bond donors (Lipinski definition) is 0. The van der Waals surface area contributed by atoms with Gasteiger partial charge in [-0.15, -0.1) is 0 Å². The van der Waals surface area contributed by atoms with Crippen LogP contribution >= 0.6 is 0 Å². The van der Waals surface area contributed by atoms with E-state index in [1.54, 1.807) is 22.9 Å². The highest BCUT2D eigenvalue weighted by molar-refractivity contribution is 6.16. The van der Waals surface area contributed by atoms with Crippen molar-refractivity contribution in [2.24, 2.45) is 0 Å². The molecule has 2 aromatic rings. The molecular formula is C16H12N2O2. The molecule has 4 nitrogen and oxygen atoms in total. The Hall–Kier alpha value is -2.62. The first-order valence-electron chi connectivity index (χ1n) is 6.49. The molecule has 1 atom stereocenters. The number of rotatable bonds is 0. The number of carbonyl (C=O) groups excluding carboxylic acids is 2. The number of para-hydroxylation sites is 1. The standard InChI is InChI=1S/C16H12N2O2/c1-17-14-10-6-2-3-7-11(10)16(20)18(14)13-9-5-4-8-12(13)15(17)19/h2-9,14H,1H3/t14-/m0/s1. The highest BCUT2D eigenvalue weighted by atomic mass is 16.2. The summed E-state index contributed by atoms with van der Waals surface area (Å²) in [4.78, 5) is 28.4. The summed E-state index contributed by atoms with van der Waals surface area (Å²) in [5, 5.41) is 0. The zero-order valence-electron chi connectivity index (χ0n) is 10.9. The molecule has 0 saturated carbocycles. The molecule has 0 radical (unpaired) electrons. The fourth-order valence-electron chi connectivity index (χ4n) is 3.09. The van der Waals surface area contributed by atoms with Crippen LogP contribution in [0.5, 0.6) is 0 Å². The van der Waals surface area contributed by atoms with Crippen LogP contribution in [0.25, 0.3) is 0 Å². The van der Waals surface area contributed by atoms with Crippen LogP contribution in [0.3, 0.4) is 0 Å². The van der Waals surface area contributed by atoms with Crippen molar-refractivity contribution in [3.05, 3.63) is 65.2 Å². The Bertz CT molecular complexity index is 754. The quantitative estimate of drug-likeness (QED) is 0.733. The van der Waals surface area contributed by atoms with E-state index in [1.165, 1.54) is 0 Å². The molecule has 98 valence electrons. The monoisotopic (exact) mass is 264 g/mol. The molecule has 2 aliphatic heterocycles. The maximum absolute atomic E-state index is 12.6. The number of carbonyl (C=O) groups is 2. The summed E-state index contributed by atoms with van der Waals surface area (Å²) in [5.74, 6) is -0.0937. The zero-order chi connectivity index (χ0) is 13.9. The van der Waals surface area contributed by atoms with Crippen molar-refractivity contribution in [2.75, 3.05) is 11.9 Å². The van der Waals surface area contributed by atoms with Crippen molar-refractivity contribution >= 4 is 17.5 Å². The Labute approximate surface area is 116 Å². The van der Waals surface area contributed by atoms with E-state index in [0.717, 1.165) is 5.56 Å². The molecule has 4 heteroatoms. The van der Waals surface area contributed by atoms with Gasteiger partial charge in [0.15, 0.2) is 0 Å². The fourth-order valence-corrected chi connectivity index (χ4v) is 3.09. The number of amides is 2. The van der Waals surface area contributed by atoms with Gasteiger partial charge >= 0.3 is 0 Å². The first-order chi connectivity index (χ1) is 9.70. The SMILES string of the molecule is CN1C(=O)c2ccccc2N2C(=O)c3ccccc3[C@@H]12. The average Bonchev–Trinajstić information content (AvgIpc) is 2.79. The van der Waals surface area contributed by atoms with Gasteiger partial charge in [-0.05, 0) is 18.2 Å². The Balaban J connectivity index is 2.01. The lowest BCUT2D eigenvalue weighted by Gasteiger charge is -2.38. The molecule has 2 aliphatic rings. The molecule has 0 aliphatic carbocycles. The number of nitrogens with zero attached hydrogens (tertiary/aromatic N) is 2. The van der Waals surface area contributed by atoms with E-state index >= 15 is 0 Å². The molecule has 0 N–H and O–H groups in total. The Kier molecular flexibility index (Phi) is 2.07. The molecule has 0 fully saturated rings. The Morgan fingerprint density at radius 1 is 0.850 bits per heavy atom. The smallest absolute Gasteiger partial charge is 0.260 e. The maximum Gasteiger partial charge on any atom is 0.260 e. The van der Waals surface area contributed by atoms with Crippen LogP contribution in [0, 0.1) is 0 Å². The van der Waals surface area contributed by atoms with Gasteiger partial charge in [0.25, 0.3) is 11.8 Å². The van der Waals surface area contributed by atoms with E-state index in [9.17, 15) is 9.59 Å². The molecule has 0 bridgehead atoms. The van der Waals surface area contributed by atoms with Crippen LogP contribution in [0.2, 0.25) is 0 Å². The third-order valence-corrected chi connectivity index (χ3v) is 4.01. The average molecular weight is 264 g/mol. The van der Waals surface area contributed by atoms with Gasteiger partial charge in [0, 0.05) is 18.2 Å². The largest absolute Gasteiger partial charge is 0.317 e. The van der Waals surface area contributed by atoms with E-state index in [-0.39, 0.29) is 18.0 Å². The second kappa shape index (κ2) is 3.70. The van der Waals surface area contributed by atoms with Crippen molar-refractivity contribution in [1.29, 1.82) is 0 Å². The van der Waals surface area contributed by atoms with E-state index in [0.29, 0.717) is 16.8 Å². The summed E-state index contributed by atoms with van der Waals surface area (Å²) in [7, 11) is 1.74. The van der Waals surface area contributed by atoms with Gasteiger partial charge in [-0.25, -0.2) is 0 Å². The number of fused-ring (bicyclic) bond motifs is 5. The number of anilines is 1. The molecule has 2 amide bonds. The van der Waals surface area contributed by atoms with Crippen molar-refractivity contribution in [2.45, 2.75) is 6.17 Å². The molecule has 2 heterocycles. The molecule has 0 aromatic heterocycles. The second-order valence-electron chi connectivity index (χ2n) is 5.07. The summed E-state index contributed by atoms with van der Waals surface area (Å²) in [6.07, 6.45) is -0.332. The highest BCUT2D eigenvalue weighted by Crippen LogP contribution is 2.44. The van der Waals surface area contributed by atoms with Crippen molar-refractivity contribution in [3.8, 4) is 0 Å². The first kappa shape index (κ1) is 11.2. The molecular weight excluding hydrogens is 252 g/mol. The molecule has 0 spiro atoms.